The van der Waals surface area contributed by atoms with E-state index in [0.717, 1.165) is 5.56 Å². The summed E-state index contributed by atoms with van der Waals surface area (Å²) in [7, 11) is 1.37. The van der Waals surface area contributed by atoms with Crippen LogP contribution in [-0.2, 0) is 16.1 Å². The minimum atomic E-state index is -0.252. The maximum Gasteiger partial charge on any atom is 0.309 e. The van der Waals surface area contributed by atoms with Gasteiger partial charge in [-0.3, -0.25) is 4.79 Å². The zero-order chi connectivity index (χ0) is 12.8. The fourth-order valence-electron chi connectivity index (χ4n) is 1.49. The molecule has 0 aromatic heterocycles. The van der Waals surface area contributed by atoms with E-state index in [0.29, 0.717) is 6.54 Å². The molecular weight excluding hydrogens is 221 g/mol. The van der Waals surface area contributed by atoms with Crippen LogP contribution < -0.4 is 5.32 Å². The molecule has 1 aromatic carbocycles. The number of carbonyl (C=O) groups excluding carboxylic acids is 1. The van der Waals surface area contributed by atoms with Crippen molar-refractivity contribution in [2.75, 3.05) is 7.11 Å². The molecule has 17 heavy (non-hydrogen) atoms. The Morgan fingerprint density at radius 1 is 1.47 bits per heavy atom. The summed E-state index contributed by atoms with van der Waals surface area (Å²) in [4.78, 5) is 11.3. The van der Waals surface area contributed by atoms with Crippen molar-refractivity contribution in [2.45, 2.75) is 26.4 Å². The highest BCUT2D eigenvalue weighted by molar-refractivity contribution is 5.72. The van der Waals surface area contributed by atoms with Gasteiger partial charge in [0.15, 0.2) is 0 Å². The second-order valence-corrected chi connectivity index (χ2v) is 4.11. The molecular formula is C13H18FNO2. The van der Waals surface area contributed by atoms with E-state index < -0.39 is 0 Å². The van der Waals surface area contributed by atoms with Gasteiger partial charge in [0.05, 0.1) is 13.0 Å². The first kappa shape index (κ1) is 13.6. The number of ether oxygens (including phenoxy) is 1. The molecule has 0 fully saturated rings. The van der Waals surface area contributed by atoms with Crippen LogP contribution >= 0.6 is 0 Å². The summed E-state index contributed by atoms with van der Waals surface area (Å²) < 4.78 is 17.6. The average Bonchev–Trinajstić information content (AvgIpc) is 2.34. The molecule has 0 aliphatic rings. The van der Waals surface area contributed by atoms with Crippen molar-refractivity contribution in [1.29, 1.82) is 0 Å². The topological polar surface area (TPSA) is 38.3 Å². The van der Waals surface area contributed by atoms with E-state index in [1.165, 1.54) is 19.2 Å². The first-order chi connectivity index (χ1) is 8.04. The first-order valence-corrected chi connectivity index (χ1v) is 5.60. The van der Waals surface area contributed by atoms with E-state index in [9.17, 15) is 9.18 Å². The largest absolute Gasteiger partial charge is 0.469 e. The van der Waals surface area contributed by atoms with Gasteiger partial charge in [0.25, 0.3) is 0 Å². The highest BCUT2D eigenvalue weighted by Crippen LogP contribution is 2.07. The monoisotopic (exact) mass is 239 g/mol. The minimum absolute atomic E-state index is 0.0225. The van der Waals surface area contributed by atoms with Crippen LogP contribution in [0.2, 0.25) is 0 Å². The predicted molar refractivity (Wildman–Crippen MR) is 63.9 cm³/mol. The molecule has 4 heteroatoms. The lowest BCUT2D eigenvalue weighted by atomic mass is 10.0. The third kappa shape index (κ3) is 4.15. The third-order valence-corrected chi connectivity index (χ3v) is 2.84. The summed E-state index contributed by atoms with van der Waals surface area (Å²) in [6.45, 7) is 4.23. The van der Waals surface area contributed by atoms with E-state index >= 15 is 0 Å². The molecule has 0 aliphatic heterocycles. The van der Waals surface area contributed by atoms with Gasteiger partial charge in [0.2, 0.25) is 0 Å². The highest BCUT2D eigenvalue weighted by atomic mass is 19.1. The Kier molecular flexibility index (Phi) is 5.10. The Morgan fingerprint density at radius 2 is 2.18 bits per heavy atom. The molecule has 3 nitrogen and oxygen atoms in total. The van der Waals surface area contributed by atoms with Crippen molar-refractivity contribution >= 4 is 5.97 Å². The van der Waals surface area contributed by atoms with Crippen molar-refractivity contribution in [3.8, 4) is 0 Å². The molecule has 1 aromatic rings. The standard InChI is InChI=1S/C13H18FNO2/c1-9(13(16)17-3)10(2)15-8-11-5-4-6-12(14)7-11/h4-7,9-10,15H,8H2,1-3H3. The molecule has 0 radical (unpaired) electrons. The summed E-state index contributed by atoms with van der Waals surface area (Å²) in [5.41, 5.74) is 0.855. The van der Waals surface area contributed by atoms with Gasteiger partial charge in [-0.15, -0.1) is 0 Å². The number of carbonyl (C=O) groups is 1. The number of methoxy groups -OCH3 is 1. The zero-order valence-electron chi connectivity index (χ0n) is 10.4. The summed E-state index contributed by atoms with van der Waals surface area (Å²) in [5.74, 6) is -0.726. The molecule has 0 amide bonds. The molecule has 1 N–H and O–H groups in total. The maximum atomic E-state index is 12.9. The van der Waals surface area contributed by atoms with Gasteiger partial charge in [0, 0.05) is 12.6 Å². The Morgan fingerprint density at radius 3 is 2.76 bits per heavy atom. The second-order valence-electron chi connectivity index (χ2n) is 4.11. The first-order valence-electron chi connectivity index (χ1n) is 5.60. The SMILES string of the molecule is COC(=O)C(C)C(C)NCc1cccc(F)c1. The van der Waals surface area contributed by atoms with Crippen molar-refractivity contribution in [2.24, 2.45) is 5.92 Å². The number of esters is 1. The minimum Gasteiger partial charge on any atom is -0.469 e. The number of benzene rings is 1. The Labute approximate surface area is 101 Å². The van der Waals surface area contributed by atoms with Crippen LogP contribution in [0.4, 0.5) is 4.39 Å². The molecule has 0 heterocycles. The summed E-state index contributed by atoms with van der Waals surface area (Å²) in [6, 6.07) is 6.37. The van der Waals surface area contributed by atoms with Crippen LogP contribution in [0.5, 0.6) is 0 Å². The Hall–Kier alpha value is -1.42. The van der Waals surface area contributed by atoms with Gasteiger partial charge in [0.1, 0.15) is 5.82 Å². The lowest BCUT2D eigenvalue weighted by Gasteiger charge is -2.19. The van der Waals surface area contributed by atoms with Crippen LogP contribution in [0, 0.1) is 11.7 Å². The summed E-state index contributed by atoms with van der Waals surface area (Å²) in [6.07, 6.45) is 0. The fourth-order valence-corrected chi connectivity index (χ4v) is 1.49. The van der Waals surface area contributed by atoms with E-state index in [-0.39, 0.29) is 23.7 Å². The van der Waals surface area contributed by atoms with Crippen molar-refractivity contribution < 1.29 is 13.9 Å². The zero-order valence-corrected chi connectivity index (χ0v) is 10.4. The smallest absolute Gasteiger partial charge is 0.309 e. The molecule has 94 valence electrons. The molecule has 2 atom stereocenters. The molecule has 0 saturated heterocycles. The van der Waals surface area contributed by atoms with Crippen LogP contribution in [0.1, 0.15) is 19.4 Å². The van der Waals surface area contributed by atoms with E-state index in [2.05, 4.69) is 10.1 Å². The summed E-state index contributed by atoms with van der Waals surface area (Å²) in [5, 5.41) is 3.17. The highest BCUT2D eigenvalue weighted by Gasteiger charge is 2.20. The number of hydrogen-bond donors (Lipinski definition) is 1. The molecule has 0 bridgehead atoms. The van der Waals surface area contributed by atoms with Crippen molar-refractivity contribution in [3.63, 3.8) is 0 Å². The van der Waals surface area contributed by atoms with Crippen LogP contribution in [0.3, 0.4) is 0 Å². The van der Waals surface area contributed by atoms with Crippen LogP contribution in [0.25, 0.3) is 0 Å². The molecule has 2 unspecified atom stereocenters. The third-order valence-electron chi connectivity index (χ3n) is 2.84. The number of halogens is 1. The number of nitrogens with one attached hydrogen (secondary N) is 1. The van der Waals surface area contributed by atoms with Gasteiger partial charge in [-0.25, -0.2) is 4.39 Å². The van der Waals surface area contributed by atoms with E-state index in [1.807, 2.05) is 13.0 Å². The van der Waals surface area contributed by atoms with E-state index in [4.69, 9.17) is 0 Å². The normalized spacial score (nSPS) is 14.1. The van der Waals surface area contributed by atoms with Gasteiger partial charge in [-0.1, -0.05) is 19.1 Å². The van der Waals surface area contributed by atoms with Crippen molar-refractivity contribution in [3.05, 3.63) is 35.6 Å². The Balaban J connectivity index is 2.48. The second kappa shape index (κ2) is 6.35. The lowest BCUT2D eigenvalue weighted by molar-refractivity contribution is -0.145. The molecule has 1 rings (SSSR count). The maximum absolute atomic E-state index is 12.9. The lowest BCUT2D eigenvalue weighted by Crippen LogP contribution is -2.36. The molecule has 0 spiro atoms. The van der Waals surface area contributed by atoms with Crippen LogP contribution in [0.15, 0.2) is 24.3 Å². The Bertz CT molecular complexity index is 381. The quantitative estimate of drug-likeness (QED) is 0.800. The predicted octanol–water partition coefficient (Wildman–Crippen LogP) is 2.11. The van der Waals surface area contributed by atoms with Gasteiger partial charge in [-0.2, -0.15) is 0 Å². The van der Waals surface area contributed by atoms with E-state index in [1.54, 1.807) is 13.0 Å². The molecule has 0 saturated carbocycles. The van der Waals surface area contributed by atoms with Gasteiger partial charge in [-0.05, 0) is 24.6 Å². The average molecular weight is 239 g/mol. The number of rotatable bonds is 5. The van der Waals surface area contributed by atoms with Crippen molar-refractivity contribution in [1.82, 2.24) is 5.32 Å². The molecule has 0 aliphatic carbocycles. The van der Waals surface area contributed by atoms with Gasteiger partial charge >= 0.3 is 5.97 Å². The van der Waals surface area contributed by atoms with Crippen LogP contribution in [-0.4, -0.2) is 19.1 Å². The fraction of sp³-hybridized carbons (Fsp3) is 0.462. The van der Waals surface area contributed by atoms with Gasteiger partial charge < -0.3 is 10.1 Å². The summed E-state index contributed by atoms with van der Waals surface area (Å²) >= 11 is 0. The number of hydrogen-bond acceptors (Lipinski definition) is 3.